The molecule has 0 unspecified atom stereocenters. The van der Waals surface area contributed by atoms with Crippen molar-refractivity contribution in [1.82, 2.24) is 15.0 Å². The van der Waals surface area contributed by atoms with Gasteiger partial charge in [0, 0.05) is 6.42 Å². The second-order valence-corrected chi connectivity index (χ2v) is 4.42. The Bertz CT molecular complexity index is 638. The average molecular weight is 317 g/mol. The highest BCUT2D eigenvalue weighted by molar-refractivity contribution is 5.74. The zero-order valence-corrected chi connectivity index (χ0v) is 11.6. The number of amides is 1. The fourth-order valence-corrected chi connectivity index (χ4v) is 1.61. The highest BCUT2D eigenvalue weighted by Gasteiger charge is 2.11. The number of halogens is 1. The highest BCUT2D eigenvalue weighted by Crippen LogP contribution is 2.03. The molecule has 0 aliphatic heterocycles. The predicted octanol–water partition coefficient (Wildman–Crippen LogP) is 0.116. The van der Waals surface area contributed by atoms with E-state index in [0.29, 0.717) is 36.4 Å². The van der Waals surface area contributed by atoms with Crippen molar-refractivity contribution in [2.75, 3.05) is 6.61 Å². The molecular weight excluding hydrogens is 301 g/mol. The van der Waals surface area contributed by atoms with E-state index in [4.69, 9.17) is 9.94 Å². The highest BCUT2D eigenvalue weighted by atomic mass is 19.1. The molecule has 3 N–H and O–H groups in total. The van der Waals surface area contributed by atoms with E-state index in [1.807, 2.05) is 0 Å². The predicted molar refractivity (Wildman–Crippen MR) is 71.0 cm³/mol. The first-order chi connectivity index (χ1) is 10.5. The molecule has 0 saturated heterocycles. The van der Waals surface area contributed by atoms with Crippen LogP contribution in [0.15, 0.2) is 15.8 Å². The number of H-pyrrole nitrogens is 1. The maximum absolute atomic E-state index is 13.0. The van der Waals surface area contributed by atoms with Crippen LogP contribution in [-0.2, 0) is 9.53 Å². The van der Waals surface area contributed by atoms with Crippen molar-refractivity contribution in [2.45, 2.75) is 32.1 Å². The zero-order chi connectivity index (χ0) is 16.5. The molecule has 0 spiro atoms. The van der Waals surface area contributed by atoms with Gasteiger partial charge in [-0.2, -0.15) is 4.39 Å². The first kappa shape index (κ1) is 17.6. The monoisotopic (exact) mass is 317 g/mol. The van der Waals surface area contributed by atoms with Gasteiger partial charge >= 0.3 is 11.8 Å². The largest absolute Gasteiger partial charge is 0.449 e. The second-order valence-electron chi connectivity index (χ2n) is 4.42. The van der Waals surface area contributed by atoms with Crippen LogP contribution in [0.4, 0.5) is 9.18 Å². The Morgan fingerprint density at radius 3 is 2.64 bits per heavy atom. The number of carbonyl (C=O) groups excluding carboxylic acids is 2. The summed E-state index contributed by atoms with van der Waals surface area (Å²) in [5.74, 6) is -1.73. The third-order valence-electron chi connectivity index (χ3n) is 2.74. The van der Waals surface area contributed by atoms with Crippen molar-refractivity contribution in [3.63, 3.8) is 0 Å². The number of hydrogen-bond donors (Lipinski definition) is 3. The molecule has 1 rings (SSSR count). The van der Waals surface area contributed by atoms with Gasteiger partial charge in [0.15, 0.2) is 0 Å². The molecule has 10 heteroatoms. The number of ether oxygens (including phenoxy) is 1. The number of rotatable bonds is 7. The van der Waals surface area contributed by atoms with Gasteiger partial charge in [-0.05, 0) is 12.8 Å². The van der Waals surface area contributed by atoms with Crippen molar-refractivity contribution >= 4 is 12.0 Å². The number of hydrogen-bond acceptors (Lipinski definition) is 6. The van der Waals surface area contributed by atoms with Gasteiger partial charge in [-0.25, -0.2) is 19.6 Å². The lowest BCUT2D eigenvalue weighted by Gasteiger charge is -2.06. The lowest BCUT2D eigenvalue weighted by atomic mass is 10.1. The molecule has 0 aliphatic rings. The maximum atomic E-state index is 13.0. The first-order valence-electron chi connectivity index (χ1n) is 6.57. The molecule has 1 aromatic heterocycles. The van der Waals surface area contributed by atoms with Crippen LogP contribution < -0.4 is 16.7 Å². The molecule has 0 atom stereocenters. The van der Waals surface area contributed by atoms with Crippen LogP contribution in [0.1, 0.15) is 32.1 Å². The summed E-state index contributed by atoms with van der Waals surface area (Å²) in [5, 5.41) is 8.27. The third kappa shape index (κ3) is 5.48. The van der Waals surface area contributed by atoms with E-state index in [9.17, 15) is 23.6 Å². The molecule has 0 aromatic carbocycles. The third-order valence-corrected chi connectivity index (χ3v) is 2.74. The second kappa shape index (κ2) is 8.72. The molecule has 0 radical (unpaired) electrons. The molecule has 0 fully saturated rings. The molecular formula is C12H16FN3O6. The minimum absolute atomic E-state index is 0.0121. The van der Waals surface area contributed by atoms with Crippen LogP contribution in [0.25, 0.3) is 0 Å². The zero-order valence-electron chi connectivity index (χ0n) is 11.6. The van der Waals surface area contributed by atoms with Gasteiger partial charge in [-0.3, -0.25) is 19.8 Å². The van der Waals surface area contributed by atoms with Crippen LogP contribution in [0.3, 0.4) is 0 Å². The van der Waals surface area contributed by atoms with Gasteiger partial charge in [-0.15, -0.1) is 0 Å². The number of aromatic nitrogens is 2. The number of nitrogens with zero attached hydrogens (tertiary/aromatic N) is 1. The van der Waals surface area contributed by atoms with E-state index in [-0.39, 0.29) is 13.0 Å². The summed E-state index contributed by atoms with van der Waals surface area (Å²) in [5.41, 5.74) is -0.767. The van der Waals surface area contributed by atoms with E-state index in [2.05, 4.69) is 0 Å². The fraction of sp³-hybridized carbons (Fsp3) is 0.500. The van der Waals surface area contributed by atoms with Crippen molar-refractivity contribution in [2.24, 2.45) is 0 Å². The van der Waals surface area contributed by atoms with Crippen LogP contribution in [0, 0.1) is 5.82 Å². The van der Waals surface area contributed by atoms with Crippen LogP contribution in [0.2, 0.25) is 0 Å². The molecule has 22 heavy (non-hydrogen) atoms. The number of nitrogens with one attached hydrogen (secondary N) is 2. The van der Waals surface area contributed by atoms with Crippen LogP contribution in [-0.4, -0.2) is 33.4 Å². The Hall–Kier alpha value is -2.49. The summed E-state index contributed by atoms with van der Waals surface area (Å²) in [7, 11) is 0. The van der Waals surface area contributed by atoms with E-state index in [0.717, 1.165) is 0 Å². The number of carbonyl (C=O) groups is 2. The smallest absolute Gasteiger partial charge is 0.422 e. The van der Waals surface area contributed by atoms with Gasteiger partial charge in [-0.1, -0.05) is 12.8 Å². The summed E-state index contributed by atoms with van der Waals surface area (Å²) in [6.45, 7) is 0.0121. The molecule has 1 amide bonds. The minimum atomic E-state index is -1.27. The molecule has 0 bridgehead atoms. The van der Waals surface area contributed by atoms with Crippen molar-refractivity contribution in [1.29, 1.82) is 0 Å². The fourth-order valence-electron chi connectivity index (χ4n) is 1.61. The van der Waals surface area contributed by atoms with E-state index in [1.165, 1.54) is 5.48 Å². The topological polar surface area (TPSA) is 130 Å². The average Bonchev–Trinajstić information content (AvgIpc) is 2.49. The SMILES string of the molecule is O=C(CCCCCCOC(=O)n1cc(F)c(=O)[nH]c1=O)NO. The Morgan fingerprint density at radius 1 is 1.27 bits per heavy atom. The molecule has 0 saturated carbocycles. The first-order valence-corrected chi connectivity index (χ1v) is 6.57. The normalized spacial score (nSPS) is 10.3. The lowest BCUT2D eigenvalue weighted by Crippen LogP contribution is -2.35. The Labute approximate surface area is 123 Å². The molecule has 1 aromatic rings. The van der Waals surface area contributed by atoms with Gasteiger partial charge in [0.25, 0.3) is 5.56 Å². The van der Waals surface area contributed by atoms with Crippen LogP contribution in [0.5, 0.6) is 0 Å². The van der Waals surface area contributed by atoms with Gasteiger partial charge in [0.05, 0.1) is 12.8 Å². The van der Waals surface area contributed by atoms with Crippen LogP contribution >= 0.6 is 0 Å². The number of hydroxylamine groups is 1. The lowest BCUT2D eigenvalue weighted by molar-refractivity contribution is -0.129. The Morgan fingerprint density at radius 2 is 1.95 bits per heavy atom. The number of aromatic amines is 1. The molecule has 1 heterocycles. The summed E-state index contributed by atoms with van der Waals surface area (Å²) < 4.78 is 18.1. The summed E-state index contributed by atoms with van der Waals surface area (Å²) >= 11 is 0. The Kier molecular flexibility index (Phi) is 6.96. The van der Waals surface area contributed by atoms with Crippen molar-refractivity contribution < 1.29 is 23.9 Å². The standard InChI is InChI=1S/C12H16FN3O6/c13-8-7-16(11(19)14-10(8)18)12(20)22-6-4-2-1-3-5-9(17)15-21/h7,21H,1-6H2,(H,15,17)(H,14,18,19). The van der Waals surface area contributed by atoms with Gasteiger partial charge in [0.2, 0.25) is 11.7 Å². The van der Waals surface area contributed by atoms with E-state index < -0.39 is 29.1 Å². The molecule has 0 aliphatic carbocycles. The van der Waals surface area contributed by atoms with Crippen molar-refractivity contribution in [3.8, 4) is 0 Å². The quantitative estimate of drug-likeness (QED) is 0.372. The van der Waals surface area contributed by atoms with Crippen molar-refractivity contribution in [3.05, 3.63) is 32.9 Å². The minimum Gasteiger partial charge on any atom is -0.449 e. The van der Waals surface area contributed by atoms with E-state index in [1.54, 1.807) is 4.98 Å². The molecule has 122 valence electrons. The van der Waals surface area contributed by atoms with Gasteiger partial charge in [0.1, 0.15) is 0 Å². The van der Waals surface area contributed by atoms with Gasteiger partial charge < -0.3 is 4.74 Å². The van der Waals surface area contributed by atoms with E-state index >= 15 is 0 Å². The number of unbranched alkanes of at least 4 members (excludes halogenated alkanes) is 3. The summed E-state index contributed by atoms with van der Waals surface area (Å²) in [6.07, 6.45) is 2.01. The molecule has 9 nitrogen and oxygen atoms in total. The maximum Gasteiger partial charge on any atom is 0.422 e. The Balaban J connectivity index is 2.30. The summed E-state index contributed by atoms with van der Waals surface area (Å²) in [4.78, 5) is 46.0. The summed E-state index contributed by atoms with van der Waals surface area (Å²) in [6, 6.07) is 0.